The van der Waals surface area contributed by atoms with E-state index in [1.165, 1.54) is 12.1 Å². The Balaban J connectivity index is 1.68. The van der Waals surface area contributed by atoms with Crippen molar-refractivity contribution in [3.63, 3.8) is 0 Å². The van der Waals surface area contributed by atoms with Gasteiger partial charge in [-0.15, -0.1) is 0 Å². The minimum Gasteiger partial charge on any atom is -0.488 e. The molecule has 0 aliphatic carbocycles. The van der Waals surface area contributed by atoms with Crippen LogP contribution in [-0.2, 0) is 6.42 Å². The lowest BCUT2D eigenvalue weighted by Gasteiger charge is -2.15. The lowest BCUT2D eigenvalue weighted by Crippen LogP contribution is -2.24. The molecule has 1 atom stereocenters. The highest BCUT2D eigenvalue weighted by Crippen LogP contribution is 2.35. The fourth-order valence-corrected chi connectivity index (χ4v) is 3.67. The van der Waals surface area contributed by atoms with Gasteiger partial charge in [-0.1, -0.05) is 39.1 Å². The highest BCUT2D eigenvalue weighted by molar-refractivity contribution is 9.10. The predicted molar refractivity (Wildman–Crippen MR) is 87.2 cm³/mol. The van der Waals surface area contributed by atoms with Crippen LogP contribution in [0.3, 0.4) is 0 Å². The van der Waals surface area contributed by atoms with Crippen LogP contribution in [0.15, 0.2) is 34.8 Å². The second-order valence-electron chi connectivity index (χ2n) is 4.82. The van der Waals surface area contributed by atoms with Gasteiger partial charge in [-0.3, -0.25) is 0 Å². The van der Waals surface area contributed by atoms with Crippen LogP contribution in [0.5, 0.6) is 5.75 Å². The number of hydrogen-bond donors (Lipinski definition) is 1. The van der Waals surface area contributed by atoms with Gasteiger partial charge < -0.3 is 10.1 Å². The summed E-state index contributed by atoms with van der Waals surface area (Å²) in [7, 11) is 0. The third-order valence-corrected chi connectivity index (χ3v) is 4.33. The molecule has 0 amide bonds. The molecule has 0 saturated carbocycles. The number of hydrogen-bond acceptors (Lipinski definition) is 2. The molecule has 0 saturated heterocycles. The normalized spacial score (nSPS) is 16.5. The van der Waals surface area contributed by atoms with E-state index in [1.807, 2.05) is 0 Å². The standard InChI is InChI=1S/C15H11BrCl2FNO/c16-9-5-12(17)15(13(18)6-9)20-7-11-4-8-3-10(19)1-2-14(8)21-11/h1-3,5-6,11,20H,4,7H2. The monoisotopic (exact) mass is 389 g/mol. The average molecular weight is 391 g/mol. The molecular weight excluding hydrogens is 380 g/mol. The average Bonchev–Trinajstić information content (AvgIpc) is 2.79. The number of nitrogens with one attached hydrogen (secondary N) is 1. The number of anilines is 1. The van der Waals surface area contributed by atoms with E-state index in [0.29, 0.717) is 28.7 Å². The minimum absolute atomic E-state index is 0.0717. The first kappa shape index (κ1) is 14.9. The van der Waals surface area contributed by atoms with Crippen LogP contribution in [0.2, 0.25) is 10.0 Å². The molecule has 2 aromatic rings. The molecule has 2 nitrogen and oxygen atoms in total. The van der Waals surface area contributed by atoms with Gasteiger partial charge in [-0.25, -0.2) is 4.39 Å². The fraction of sp³-hybridized carbons (Fsp3) is 0.200. The van der Waals surface area contributed by atoms with Gasteiger partial charge in [0.05, 0.1) is 22.3 Å². The molecule has 1 aliphatic heterocycles. The number of ether oxygens (including phenoxy) is 1. The van der Waals surface area contributed by atoms with Crippen molar-refractivity contribution < 1.29 is 9.13 Å². The largest absolute Gasteiger partial charge is 0.488 e. The molecule has 1 N–H and O–H groups in total. The number of rotatable bonds is 3. The highest BCUT2D eigenvalue weighted by atomic mass is 79.9. The third-order valence-electron chi connectivity index (χ3n) is 3.28. The first-order valence-corrected chi connectivity index (χ1v) is 7.91. The van der Waals surface area contributed by atoms with Crippen molar-refractivity contribution >= 4 is 44.8 Å². The van der Waals surface area contributed by atoms with Crippen molar-refractivity contribution in [1.82, 2.24) is 0 Å². The van der Waals surface area contributed by atoms with Crippen LogP contribution in [0.1, 0.15) is 5.56 Å². The lowest BCUT2D eigenvalue weighted by atomic mass is 10.1. The van der Waals surface area contributed by atoms with Crippen LogP contribution in [0.25, 0.3) is 0 Å². The van der Waals surface area contributed by atoms with E-state index in [9.17, 15) is 4.39 Å². The second-order valence-corrected chi connectivity index (χ2v) is 6.55. The van der Waals surface area contributed by atoms with Gasteiger partial charge in [0.15, 0.2) is 0 Å². The third kappa shape index (κ3) is 3.28. The Morgan fingerprint density at radius 1 is 1.24 bits per heavy atom. The summed E-state index contributed by atoms with van der Waals surface area (Å²) in [6, 6.07) is 8.11. The van der Waals surface area contributed by atoms with Crippen molar-refractivity contribution in [3.05, 3.63) is 56.2 Å². The van der Waals surface area contributed by atoms with E-state index in [-0.39, 0.29) is 11.9 Å². The number of halogens is 4. The van der Waals surface area contributed by atoms with Gasteiger partial charge in [0.2, 0.25) is 0 Å². The highest BCUT2D eigenvalue weighted by Gasteiger charge is 2.23. The van der Waals surface area contributed by atoms with E-state index in [2.05, 4.69) is 21.2 Å². The molecule has 0 radical (unpaired) electrons. The molecule has 3 rings (SSSR count). The molecular formula is C15H11BrCl2FNO. The Bertz CT molecular complexity index is 672. The molecule has 1 heterocycles. The van der Waals surface area contributed by atoms with Crippen LogP contribution in [-0.4, -0.2) is 12.6 Å². The quantitative estimate of drug-likeness (QED) is 0.766. The molecule has 110 valence electrons. The molecule has 1 aliphatic rings. The van der Waals surface area contributed by atoms with Crippen LogP contribution in [0, 0.1) is 5.82 Å². The molecule has 2 aromatic carbocycles. The summed E-state index contributed by atoms with van der Waals surface area (Å²) in [5, 5.41) is 4.27. The van der Waals surface area contributed by atoms with Crippen LogP contribution < -0.4 is 10.1 Å². The summed E-state index contributed by atoms with van der Waals surface area (Å²) in [5.41, 5.74) is 1.56. The Morgan fingerprint density at radius 3 is 2.67 bits per heavy atom. The number of benzene rings is 2. The van der Waals surface area contributed by atoms with E-state index < -0.39 is 0 Å². The Kier molecular flexibility index (Phi) is 4.29. The molecule has 0 fully saturated rings. The summed E-state index contributed by atoms with van der Waals surface area (Å²) in [5.74, 6) is 0.487. The van der Waals surface area contributed by atoms with Crippen molar-refractivity contribution in [2.24, 2.45) is 0 Å². The van der Waals surface area contributed by atoms with Crippen molar-refractivity contribution in [2.75, 3.05) is 11.9 Å². The van der Waals surface area contributed by atoms with E-state index in [1.54, 1.807) is 18.2 Å². The number of fused-ring (bicyclic) bond motifs is 1. The topological polar surface area (TPSA) is 21.3 Å². The molecule has 1 unspecified atom stereocenters. The van der Waals surface area contributed by atoms with Crippen molar-refractivity contribution in [3.8, 4) is 5.75 Å². The Labute approximate surface area is 140 Å². The van der Waals surface area contributed by atoms with Gasteiger partial charge in [-0.2, -0.15) is 0 Å². The SMILES string of the molecule is Fc1ccc2c(c1)CC(CNc1c(Cl)cc(Br)cc1Cl)O2. The molecule has 0 bridgehead atoms. The maximum atomic E-state index is 13.2. The molecule has 21 heavy (non-hydrogen) atoms. The van der Waals surface area contributed by atoms with Crippen molar-refractivity contribution in [2.45, 2.75) is 12.5 Å². The van der Waals surface area contributed by atoms with E-state index in [0.717, 1.165) is 15.8 Å². The van der Waals surface area contributed by atoms with Crippen LogP contribution >= 0.6 is 39.1 Å². The van der Waals surface area contributed by atoms with Crippen LogP contribution in [0.4, 0.5) is 10.1 Å². The maximum absolute atomic E-state index is 13.2. The first-order valence-electron chi connectivity index (χ1n) is 6.36. The van der Waals surface area contributed by atoms with Crippen molar-refractivity contribution in [1.29, 1.82) is 0 Å². The minimum atomic E-state index is -0.245. The maximum Gasteiger partial charge on any atom is 0.123 e. The van der Waals surface area contributed by atoms with Gasteiger partial charge in [0, 0.05) is 16.5 Å². The second kappa shape index (κ2) is 6.03. The fourth-order valence-electron chi connectivity index (χ4n) is 2.33. The zero-order valence-electron chi connectivity index (χ0n) is 10.8. The summed E-state index contributed by atoms with van der Waals surface area (Å²) in [6.07, 6.45) is 0.587. The first-order chi connectivity index (χ1) is 10.0. The lowest BCUT2D eigenvalue weighted by molar-refractivity contribution is 0.246. The summed E-state index contributed by atoms with van der Waals surface area (Å²) in [4.78, 5) is 0. The molecule has 0 spiro atoms. The molecule has 0 aromatic heterocycles. The van der Waals surface area contributed by atoms with Gasteiger partial charge in [0.1, 0.15) is 17.7 Å². The van der Waals surface area contributed by atoms with Gasteiger partial charge in [-0.05, 0) is 30.3 Å². The summed E-state index contributed by atoms with van der Waals surface area (Å²) < 4.78 is 19.8. The summed E-state index contributed by atoms with van der Waals surface area (Å²) >= 11 is 15.7. The van der Waals surface area contributed by atoms with E-state index >= 15 is 0 Å². The zero-order chi connectivity index (χ0) is 15.0. The smallest absolute Gasteiger partial charge is 0.123 e. The Morgan fingerprint density at radius 2 is 1.95 bits per heavy atom. The van der Waals surface area contributed by atoms with E-state index in [4.69, 9.17) is 27.9 Å². The Hall–Kier alpha value is -0.970. The molecule has 6 heteroatoms. The van der Waals surface area contributed by atoms with Gasteiger partial charge in [0.25, 0.3) is 0 Å². The van der Waals surface area contributed by atoms with Gasteiger partial charge >= 0.3 is 0 Å². The zero-order valence-corrected chi connectivity index (χ0v) is 13.9. The summed E-state index contributed by atoms with van der Waals surface area (Å²) in [6.45, 7) is 0.539. The predicted octanol–water partition coefficient (Wildman–Crippen LogP) is 5.31.